The fourth-order valence-corrected chi connectivity index (χ4v) is 1.95. The first-order valence-electron chi connectivity index (χ1n) is 6.93. The largest absolute Gasteiger partial charge is 0.339 e. The Bertz CT molecular complexity index is 806. The van der Waals surface area contributed by atoms with Crippen molar-refractivity contribution in [2.45, 2.75) is 0 Å². The van der Waals surface area contributed by atoms with E-state index in [-0.39, 0.29) is 5.69 Å². The van der Waals surface area contributed by atoms with Gasteiger partial charge >= 0.3 is 0 Å². The predicted molar refractivity (Wildman–Crippen MR) is 86.1 cm³/mol. The molecule has 2 aromatic carbocycles. The van der Waals surface area contributed by atoms with Crippen molar-refractivity contribution < 1.29 is 9.18 Å². The van der Waals surface area contributed by atoms with Crippen LogP contribution in [0.25, 0.3) is 0 Å². The van der Waals surface area contributed by atoms with Gasteiger partial charge in [-0.05, 0) is 42.5 Å². The van der Waals surface area contributed by atoms with E-state index in [0.29, 0.717) is 11.5 Å². The number of rotatable bonds is 4. The molecule has 1 heterocycles. The van der Waals surface area contributed by atoms with E-state index >= 15 is 0 Å². The number of benzene rings is 2. The summed E-state index contributed by atoms with van der Waals surface area (Å²) in [6, 6.07) is 18.4. The number of halogens is 1. The lowest BCUT2D eigenvalue weighted by molar-refractivity contribution is 0.102. The number of hydrogen-bond donors (Lipinski definition) is 2. The van der Waals surface area contributed by atoms with Gasteiger partial charge in [0.25, 0.3) is 5.91 Å². The van der Waals surface area contributed by atoms with Crippen LogP contribution in [0.5, 0.6) is 0 Å². The molecule has 114 valence electrons. The first-order valence-corrected chi connectivity index (χ1v) is 6.93. The molecule has 5 nitrogen and oxygen atoms in total. The summed E-state index contributed by atoms with van der Waals surface area (Å²) in [4.78, 5) is 12.0. The van der Waals surface area contributed by atoms with Crippen LogP contribution in [0.2, 0.25) is 0 Å². The summed E-state index contributed by atoms with van der Waals surface area (Å²) in [7, 11) is 0. The molecule has 0 aliphatic carbocycles. The Kier molecular flexibility index (Phi) is 4.24. The van der Waals surface area contributed by atoms with Gasteiger partial charge in [0.2, 0.25) is 0 Å². The Hall–Kier alpha value is -3.28. The monoisotopic (exact) mass is 308 g/mol. The maximum Gasteiger partial charge on any atom is 0.276 e. The summed E-state index contributed by atoms with van der Waals surface area (Å²) < 4.78 is 13.1. The summed E-state index contributed by atoms with van der Waals surface area (Å²) in [6.45, 7) is 0. The van der Waals surface area contributed by atoms with Crippen LogP contribution in [0.15, 0.2) is 66.7 Å². The van der Waals surface area contributed by atoms with Crippen molar-refractivity contribution in [3.8, 4) is 0 Å². The Morgan fingerprint density at radius 2 is 1.65 bits per heavy atom. The van der Waals surface area contributed by atoms with Gasteiger partial charge < -0.3 is 10.6 Å². The number of carbonyl (C=O) groups excluding carboxylic acids is 1. The smallest absolute Gasteiger partial charge is 0.276 e. The third-order valence-electron chi connectivity index (χ3n) is 3.03. The standard InChI is InChI=1S/C17H13FN4O/c18-12-5-4-8-14(11-12)20-17(23)15-9-10-16(22-21-15)19-13-6-2-1-3-7-13/h1-11H,(H,19,22)(H,20,23). The van der Waals surface area contributed by atoms with Gasteiger partial charge in [0.15, 0.2) is 11.5 Å². The first kappa shape index (κ1) is 14.6. The zero-order valence-corrected chi connectivity index (χ0v) is 12.0. The second kappa shape index (κ2) is 6.65. The molecular formula is C17H13FN4O. The molecular weight excluding hydrogens is 295 g/mol. The predicted octanol–water partition coefficient (Wildman–Crippen LogP) is 3.61. The van der Waals surface area contributed by atoms with Gasteiger partial charge in [-0.1, -0.05) is 24.3 Å². The molecule has 0 unspecified atom stereocenters. The van der Waals surface area contributed by atoms with E-state index in [4.69, 9.17) is 0 Å². The summed E-state index contributed by atoms with van der Waals surface area (Å²) >= 11 is 0. The van der Waals surface area contributed by atoms with E-state index in [1.165, 1.54) is 18.2 Å². The molecule has 0 bridgehead atoms. The van der Waals surface area contributed by atoms with E-state index in [2.05, 4.69) is 20.8 Å². The highest BCUT2D eigenvalue weighted by atomic mass is 19.1. The van der Waals surface area contributed by atoms with Crippen LogP contribution in [0.1, 0.15) is 10.5 Å². The highest BCUT2D eigenvalue weighted by Crippen LogP contribution is 2.14. The number of nitrogens with one attached hydrogen (secondary N) is 2. The number of amides is 1. The minimum absolute atomic E-state index is 0.146. The molecule has 0 spiro atoms. The van der Waals surface area contributed by atoms with Crippen molar-refractivity contribution in [3.63, 3.8) is 0 Å². The number of hydrogen-bond acceptors (Lipinski definition) is 4. The van der Waals surface area contributed by atoms with Gasteiger partial charge in [-0.25, -0.2) is 4.39 Å². The molecule has 0 atom stereocenters. The number of nitrogens with zero attached hydrogens (tertiary/aromatic N) is 2. The maximum atomic E-state index is 13.1. The molecule has 0 saturated heterocycles. The third-order valence-corrected chi connectivity index (χ3v) is 3.03. The van der Waals surface area contributed by atoms with Crippen LogP contribution < -0.4 is 10.6 Å². The molecule has 6 heteroatoms. The molecule has 0 aliphatic heterocycles. The third kappa shape index (κ3) is 3.88. The number of anilines is 3. The Morgan fingerprint density at radius 3 is 2.35 bits per heavy atom. The van der Waals surface area contributed by atoms with Gasteiger partial charge in [0.1, 0.15) is 5.82 Å². The van der Waals surface area contributed by atoms with Crippen molar-refractivity contribution in [1.29, 1.82) is 0 Å². The molecule has 3 rings (SSSR count). The first-order chi connectivity index (χ1) is 11.2. The summed E-state index contributed by atoms with van der Waals surface area (Å²) in [6.07, 6.45) is 0. The van der Waals surface area contributed by atoms with Crippen molar-refractivity contribution in [2.75, 3.05) is 10.6 Å². The lowest BCUT2D eigenvalue weighted by atomic mass is 10.3. The number of para-hydroxylation sites is 1. The molecule has 0 saturated carbocycles. The van der Waals surface area contributed by atoms with Crippen LogP contribution in [-0.2, 0) is 0 Å². The van der Waals surface area contributed by atoms with Crippen molar-refractivity contribution >= 4 is 23.1 Å². The van der Waals surface area contributed by atoms with E-state index in [9.17, 15) is 9.18 Å². The fourth-order valence-electron chi connectivity index (χ4n) is 1.95. The zero-order valence-electron chi connectivity index (χ0n) is 12.0. The summed E-state index contributed by atoms with van der Waals surface area (Å²) in [5, 5.41) is 13.5. The number of aromatic nitrogens is 2. The van der Waals surface area contributed by atoms with E-state index in [0.717, 1.165) is 5.69 Å². The molecule has 0 radical (unpaired) electrons. The average Bonchev–Trinajstić information content (AvgIpc) is 2.56. The van der Waals surface area contributed by atoms with Gasteiger partial charge in [0.05, 0.1) is 0 Å². The van der Waals surface area contributed by atoms with E-state index < -0.39 is 11.7 Å². The molecule has 1 amide bonds. The average molecular weight is 308 g/mol. The molecule has 0 fully saturated rings. The highest BCUT2D eigenvalue weighted by Gasteiger charge is 2.09. The van der Waals surface area contributed by atoms with Gasteiger partial charge in [0, 0.05) is 11.4 Å². The fraction of sp³-hybridized carbons (Fsp3) is 0. The lowest BCUT2D eigenvalue weighted by Gasteiger charge is -2.06. The summed E-state index contributed by atoms with van der Waals surface area (Å²) in [5.74, 6) is -0.343. The Labute approximate surface area is 132 Å². The van der Waals surface area contributed by atoms with Crippen LogP contribution in [-0.4, -0.2) is 16.1 Å². The molecule has 2 N–H and O–H groups in total. The zero-order chi connectivity index (χ0) is 16.1. The van der Waals surface area contributed by atoms with Crippen LogP contribution in [0.3, 0.4) is 0 Å². The van der Waals surface area contributed by atoms with Crippen LogP contribution in [0, 0.1) is 5.82 Å². The molecule has 23 heavy (non-hydrogen) atoms. The van der Waals surface area contributed by atoms with Crippen LogP contribution >= 0.6 is 0 Å². The van der Waals surface area contributed by atoms with Crippen molar-refractivity contribution in [2.24, 2.45) is 0 Å². The maximum absolute atomic E-state index is 13.1. The van der Waals surface area contributed by atoms with Crippen molar-refractivity contribution in [1.82, 2.24) is 10.2 Å². The molecule has 3 aromatic rings. The molecule has 1 aromatic heterocycles. The van der Waals surface area contributed by atoms with Gasteiger partial charge in [-0.15, -0.1) is 10.2 Å². The lowest BCUT2D eigenvalue weighted by Crippen LogP contribution is -2.14. The van der Waals surface area contributed by atoms with Gasteiger partial charge in [-0.2, -0.15) is 0 Å². The highest BCUT2D eigenvalue weighted by molar-refractivity contribution is 6.02. The summed E-state index contributed by atoms with van der Waals surface area (Å²) in [5.41, 5.74) is 1.38. The quantitative estimate of drug-likeness (QED) is 0.772. The minimum atomic E-state index is -0.450. The van der Waals surface area contributed by atoms with Crippen LogP contribution in [0.4, 0.5) is 21.6 Å². The molecule has 0 aliphatic rings. The SMILES string of the molecule is O=C(Nc1cccc(F)c1)c1ccc(Nc2ccccc2)nn1. The minimum Gasteiger partial charge on any atom is -0.339 e. The topological polar surface area (TPSA) is 66.9 Å². The van der Waals surface area contributed by atoms with E-state index in [1.54, 1.807) is 18.2 Å². The number of carbonyl (C=O) groups is 1. The van der Waals surface area contributed by atoms with Gasteiger partial charge in [-0.3, -0.25) is 4.79 Å². The Balaban J connectivity index is 1.68. The van der Waals surface area contributed by atoms with E-state index in [1.807, 2.05) is 30.3 Å². The normalized spacial score (nSPS) is 10.1. The Morgan fingerprint density at radius 1 is 0.870 bits per heavy atom. The second-order valence-electron chi connectivity index (χ2n) is 4.76. The van der Waals surface area contributed by atoms with Crippen molar-refractivity contribution in [3.05, 3.63) is 78.2 Å². The second-order valence-corrected chi connectivity index (χ2v) is 4.76.